The lowest BCUT2D eigenvalue weighted by Gasteiger charge is -2.12. The van der Waals surface area contributed by atoms with E-state index in [1.807, 2.05) is 45.0 Å². The van der Waals surface area contributed by atoms with Crippen LogP contribution < -0.4 is 5.32 Å². The fraction of sp³-hybridized carbons (Fsp3) is 0.286. The molecule has 0 aromatic heterocycles. The highest BCUT2D eigenvalue weighted by molar-refractivity contribution is 5.95. The van der Waals surface area contributed by atoms with Gasteiger partial charge in [0.05, 0.1) is 0 Å². The Morgan fingerprint density at radius 2 is 1.74 bits per heavy atom. The lowest BCUT2D eigenvalue weighted by molar-refractivity contribution is 0.0988. The summed E-state index contributed by atoms with van der Waals surface area (Å²) < 4.78 is 0. The Kier molecular flexibility index (Phi) is 7.27. The number of carbonyl (C=O) groups excluding carboxylic acids is 1. The fourth-order valence-electron chi connectivity index (χ4n) is 1.92. The van der Waals surface area contributed by atoms with Gasteiger partial charge < -0.3 is 5.32 Å². The van der Waals surface area contributed by atoms with Crippen molar-refractivity contribution < 1.29 is 4.79 Å². The van der Waals surface area contributed by atoms with Crippen LogP contribution in [-0.2, 0) is 6.54 Å². The van der Waals surface area contributed by atoms with Crippen molar-refractivity contribution in [2.45, 2.75) is 40.2 Å². The Bertz CT molecular complexity index is 632. The summed E-state index contributed by atoms with van der Waals surface area (Å²) in [4.78, 5) is 11.6. The minimum Gasteiger partial charge on any atom is -0.381 e. The molecule has 1 aromatic rings. The van der Waals surface area contributed by atoms with Crippen molar-refractivity contribution in [3.8, 4) is 0 Å². The van der Waals surface area contributed by atoms with Gasteiger partial charge in [0.15, 0.2) is 5.78 Å². The molecule has 0 aliphatic heterocycles. The molecule has 23 heavy (non-hydrogen) atoms. The Balaban J connectivity index is 2.52. The van der Waals surface area contributed by atoms with E-state index in [0.717, 1.165) is 34.4 Å². The summed E-state index contributed by atoms with van der Waals surface area (Å²) in [5.41, 5.74) is 5.92. The molecule has 0 spiro atoms. The lowest BCUT2D eigenvalue weighted by atomic mass is 10.1. The van der Waals surface area contributed by atoms with Crippen LogP contribution in [-0.4, -0.2) is 5.78 Å². The first-order valence-corrected chi connectivity index (χ1v) is 7.90. The van der Waals surface area contributed by atoms with Crippen LogP contribution in [0.5, 0.6) is 0 Å². The first kappa shape index (κ1) is 18.7. The van der Waals surface area contributed by atoms with E-state index in [4.69, 9.17) is 0 Å². The highest BCUT2D eigenvalue weighted by Crippen LogP contribution is 2.14. The minimum atomic E-state index is 0.168. The first-order chi connectivity index (χ1) is 10.8. The molecule has 0 amide bonds. The molecule has 0 aliphatic carbocycles. The van der Waals surface area contributed by atoms with Crippen LogP contribution in [0, 0.1) is 0 Å². The van der Waals surface area contributed by atoms with Crippen molar-refractivity contribution in [3.63, 3.8) is 0 Å². The number of nitrogens with one attached hydrogen (secondary N) is 1. The normalized spacial score (nSPS) is 11.0. The van der Waals surface area contributed by atoms with Crippen LogP contribution in [0.1, 0.15) is 49.5 Å². The van der Waals surface area contributed by atoms with Gasteiger partial charge in [0.2, 0.25) is 0 Å². The van der Waals surface area contributed by atoms with Gasteiger partial charge in [-0.25, -0.2) is 0 Å². The molecule has 0 fully saturated rings. The highest BCUT2D eigenvalue weighted by Gasteiger charge is 2.03. The SMILES string of the molecule is C=C(C/C=C(\C)C(=C)C)C(=C)NCc1ccc(C(=O)CC)cc1. The van der Waals surface area contributed by atoms with Gasteiger partial charge in [0.1, 0.15) is 0 Å². The van der Waals surface area contributed by atoms with Gasteiger partial charge >= 0.3 is 0 Å². The van der Waals surface area contributed by atoms with E-state index in [1.54, 1.807) is 0 Å². The third-order valence-electron chi connectivity index (χ3n) is 3.86. The molecule has 1 rings (SSSR count). The van der Waals surface area contributed by atoms with Gasteiger partial charge in [-0.05, 0) is 31.4 Å². The second-order valence-corrected chi connectivity index (χ2v) is 5.78. The average molecular weight is 309 g/mol. The molecule has 0 bridgehead atoms. The topological polar surface area (TPSA) is 29.1 Å². The summed E-state index contributed by atoms with van der Waals surface area (Å²) in [6, 6.07) is 7.69. The maximum atomic E-state index is 11.6. The van der Waals surface area contributed by atoms with Crippen LogP contribution in [0.25, 0.3) is 0 Å². The van der Waals surface area contributed by atoms with Gasteiger partial charge in [0, 0.05) is 24.2 Å². The van der Waals surface area contributed by atoms with Crippen molar-refractivity contribution >= 4 is 5.78 Å². The first-order valence-electron chi connectivity index (χ1n) is 7.90. The second-order valence-electron chi connectivity index (χ2n) is 5.78. The quantitative estimate of drug-likeness (QED) is 0.492. The standard InChI is InChI=1S/C21H27NO/c1-7-21(23)20-12-10-19(11-13-20)14-22-18(6)17(5)9-8-16(4)15(2)3/h8,10-13,22H,2,5-7,9,14H2,1,3-4H3/b16-8+. The number of ketones is 1. The minimum absolute atomic E-state index is 0.168. The summed E-state index contributed by atoms with van der Waals surface area (Å²) in [5, 5.41) is 3.28. The van der Waals surface area contributed by atoms with E-state index in [-0.39, 0.29) is 5.78 Å². The van der Waals surface area contributed by atoms with Gasteiger partial charge in [-0.15, -0.1) is 0 Å². The highest BCUT2D eigenvalue weighted by atomic mass is 16.1. The third kappa shape index (κ3) is 6.11. The van der Waals surface area contributed by atoms with Crippen LogP contribution in [0.4, 0.5) is 0 Å². The lowest BCUT2D eigenvalue weighted by Crippen LogP contribution is -2.13. The molecular weight excluding hydrogens is 282 g/mol. The summed E-state index contributed by atoms with van der Waals surface area (Å²) >= 11 is 0. The summed E-state index contributed by atoms with van der Waals surface area (Å²) in [6.45, 7) is 18.6. The zero-order valence-corrected chi connectivity index (χ0v) is 14.5. The Morgan fingerprint density at radius 3 is 2.26 bits per heavy atom. The number of hydrogen-bond acceptors (Lipinski definition) is 2. The van der Waals surface area contributed by atoms with Crippen molar-refractivity contribution in [1.29, 1.82) is 0 Å². The van der Waals surface area contributed by atoms with Gasteiger partial charge in [-0.3, -0.25) is 4.79 Å². The maximum Gasteiger partial charge on any atom is 0.162 e. The molecule has 2 nitrogen and oxygen atoms in total. The molecule has 122 valence electrons. The fourth-order valence-corrected chi connectivity index (χ4v) is 1.92. The Labute approximate surface area is 140 Å². The number of Topliss-reactive ketones (excluding diaryl/α,β-unsaturated/α-hetero) is 1. The monoisotopic (exact) mass is 309 g/mol. The number of carbonyl (C=O) groups is 1. The molecule has 1 aromatic carbocycles. The third-order valence-corrected chi connectivity index (χ3v) is 3.86. The molecule has 0 radical (unpaired) electrons. The van der Waals surface area contributed by atoms with Crippen molar-refractivity contribution in [2.75, 3.05) is 0 Å². The predicted octanol–water partition coefficient (Wildman–Crippen LogP) is 5.35. The molecule has 0 atom stereocenters. The predicted molar refractivity (Wildman–Crippen MR) is 99.4 cm³/mol. The summed E-state index contributed by atoms with van der Waals surface area (Å²) in [7, 11) is 0. The zero-order chi connectivity index (χ0) is 17.4. The van der Waals surface area contributed by atoms with E-state index in [9.17, 15) is 4.79 Å². The van der Waals surface area contributed by atoms with Gasteiger partial charge in [-0.2, -0.15) is 0 Å². The van der Waals surface area contributed by atoms with E-state index in [0.29, 0.717) is 13.0 Å². The van der Waals surface area contributed by atoms with Crippen molar-refractivity contribution in [1.82, 2.24) is 5.32 Å². The van der Waals surface area contributed by atoms with Crippen LogP contribution in [0.2, 0.25) is 0 Å². The second kappa shape index (κ2) is 8.94. The molecule has 0 unspecified atom stereocenters. The van der Waals surface area contributed by atoms with Crippen LogP contribution in [0.15, 0.2) is 72.5 Å². The van der Waals surface area contributed by atoms with E-state index in [2.05, 4.69) is 31.1 Å². The number of rotatable bonds is 9. The Morgan fingerprint density at radius 1 is 1.13 bits per heavy atom. The summed E-state index contributed by atoms with van der Waals surface area (Å²) in [5.74, 6) is 0.168. The zero-order valence-electron chi connectivity index (χ0n) is 14.5. The molecule has 2 heteroatoms. The van der Waals surface area contributed by atoms with Gasteiger partial charge in [0.25, 0.3) is 0 Å². The Hall–Kier alpha value is -2.35. The summed E-state index contributed by atoms with van der Waals surface area (Å²) in [6.07, 6.45) is 3.41. The van der Waals surface area contributed by atoms with Crippen molar-refractivity contribution in [3.05, 3.63) is 83.6 Å². The maximum absolute atomic E-state index is 11.6. The molecule has 0 heterocycles. The van der Waals surface area contributed by atoms with E-state index >= 15 is 0 Å². The number of allylic oxidation sites excluding steroid dienone is 4. The van der Waals surface area contributed by atoms with Gasteiger partial charge in [-0.1, -0.05) is 68.1 Å². The number of benzene rings is 1. The molecule has 0 aliphatic rings. The molecule has 1 N–H and O–H groups in total. The van der Waals surface area contributed by atoms with E-state index in [1.165, 1.54) is 5.57 Å². The molecule has 0 saturated carbocycles. The van der Waals surface area contributed by atoms with E-state index < -0.39 is 0 Å². The molecule has 0 saturated heterocycles. The van der Waals surface area contributed by atoms with Crippen LogP contribution >= 0.6 is 0 Å². The number of hydrogen-bond donors (Lipinski definition) is 1. The molecular formula is C21H27NO. The smallest absolute Gasteiger partial charge is 0.162 e. The van der Waals surface area contributed by atoms with Crippen molar-refractivity contribution in [2.24, 2.45) is 0 Å². The average Bonchev–Trinajstić information content (AvgIpc) is 2.56. The largest absolute Gasteiger partial charge is 0.381 e. The van der Waals surface area contributed by atoms with Crippen LogP contribution in [0.3, 0.4) is 0 Å².